The number of hydrogen-bond donors (Lipinski definition) is 1. The Balaban J connectivity index is 1.23. The number of carbonyl (C=O) groups excluding carboxylic acids is 2. The largest absolute Gasteiger partial charge is 0.339 e. The minimum Gasteiger partial charge on any atom is -0.339 e. The maximum absolute atomic E-state index is 12.5. The first-order valence-corrected chi connectivity index (χ1v) is 10.7. The highest BCUT2D eigenvalue weighted by atomic mass is 32.1. The number of amides is 3. The summed E-state index contributed by atoms with van der Waals surface area (Å²) in [5.74, 6) is 1.05. The molecule has 0 unspecified atom stereocenters. The highest BCUT2D eigenvalue weighted by Crippen LogP contribution is 2.21. The van der Waals surface area contributed by atoms with E-state index in [4.69, 9.17) is 4.52 Å². The van der Waals surface area contributed by atoms with Crippen molar-refractivity contribution in [1.82, 2.24) is 19.9 Å². The molecule has 1 aromatic carbocycles. The Labute approximate surface area is 178 Å². The lowest BCUT2D eigenvalue weighted by Gasteiger charge is -2.34. The van der Waals surface area contributed by atoms with Crippen molar-refractivity contribution in [3.8, 4) is 10.7 Å². The van der Waals surface area contributed by atoms with Gasteiger partial charge in [0.05, 0.1) is 4.88 Å². The molecule has 8 nitrogen and oxygen atoms in total. The predicted octanol–water partition coefficient (Wildman–Crippen LogP) is 3.42. The third-order valence-corrected chi connectivity index (χ3v) is 5.82. The van der Waals surface area contributed by atoms with Crippen molar-refractivity contribution in [2.45, 2.75) is 19.8 Å². The monoisotopic (exact) mass is 425 g/mol. The van der Waals surface area contributed by atoms with E-state index < -0.39 is 0 Å². The molecular formula is C21H23N5O3S. The summed E-state index contributed by atoms with van der Waals surface area (Å²) in [6, 6.07) is 11.4. The maximum atomic E-state index is 12.5. The predicted molar refractivity (Wildman–Crippen MR) is 114 cm³/mol. The second kappa shape index (κ2) is 9.08. The van der Waals surface area contributed by atoms with Gasteiger partial charge in [0.15, 0.2) is 0 Å². The summed E-state index contributed by atoms with van der Waals surface area (Å²) in [4.78, 5) is 33.8. The first-order chi connectivity index (χ1) is 14.6. The molecule has 4 rings (SSSR count). The maximum Gasteiger partial charge on any atom is 0.321 e. The number of piperazine rings is 1. The van der Waals surface area contributed by atoms with E-state index in [1.54, 1.807) is 21.1 Å². The normalized spacial score (nSPS) is 14.0. The minimum absolute atomic E-state index is 0.0321. The molecule has 0 spiro atoms. The molecule has 0 saturated carbocycles. The molecule has 0 atom stereocenters. The van der Waals surface area contributed by atoms with E-state index in [0.29, 0.717) is 50.7 Å². The van der Waals surface area contributed by atoms with Crippen LogP contribution in [0.15, 0.2) is 46.3 Å². The van der Waals surface area contributed by atoms with Gasteiger partial charge in [-0.05, 0) is 36.1 Å². The summed E-state index contributed by atoms with van der Waals surface area (Å²) in [6.45, 7) is 4.03. The third kappa shape index (κ3) is 4.85. The Morgan fingerprint density at radius 1 is 1.13 bits per heavy atom. The van der Waals surface area contributed by atoms with Gasteiger partial charge in [-0.2, -0.15) is 4.98 Å². The summed E-state index contributed by atoms with van der Waals surface area (Å²) >= 11 is 1.54. The lowest BCUT2D eigenvalue weighted by atomic mass is 10.2. The van der Waals surface area contributed by atoms with Crippen LogP contribution in [0.2, 0.25) is 0 Å². The zero-order chi connectivity index (χ0) is 20.9. The standard InChI is InChI=1S/C21H23N5O3S/c1-15-4-2-5-16(14-15)22-21(28)26-11-9-25(10-12-26)19(27)8-7-18-23-20(24-29-18)17-6-3-13-30-17/h2-6,13-14H,7-12H2,1H3,(H,22,28). The van der Waals surface area contributed by atoms with E-state index in [0.717, 1.165) is 16.1 Å². The van der Waals surface area contributed by atoms with E-state index in [2.05, 4.69) is 15.5 Å². The number of rotatable bonds is 5. The van der Waals surface area contributed by atoms with E-state index in [1.165, 1.54) is 0 Å². The van der Waals surface area contributed by atoms with Gasteiger partial charge in [-0.1, -0.05) is 23.4 Å². The highest BCUT2D eigenvalue weighted by molar-refractivity contribution is 7.13. The molecule has 3 heterocycles. The number of aromatic nitrogens is 2. The number of aryl methyl sites for hydroxylation is 2. The van der Waals surface area contributed by atoms with Gasteiger partial charge in [-0.25, -0.2) is 4.79 Å². The topological polar surface area (TPSA) is 91.6 Å². The average molecular weight is 426 g/mol. The Hall–Kier alpha value is -3.20. The molecule has 1 N–H and O–H groups in total. The van der Waals surface area contributed by atoms with Crippen LogP contribution in [0, 0.1) is 6.92 Å². The SMILES string of the molecule is Cc1cccc(NC(=O)N2CCN(C(=O)CCc3nc(-c4cccs4)no3)CC2)c1. The number of carbonyl (C=O) groups is 2. The van der Waals surface area contributed by atoms with Crippen LogP contribution in [0.3, 0.4) is 0 Å². The molecule has 1 saturated heterocycles. The molecule has 156 valence electrons. The second-order valence-corrected chi connectivity index (χ2v) is 8.10. The highest BCUT2D eigenvalue weighted by Gasteiger charge is 2.24. The molecule has 3 amide bonds. The quantitative estimate of drug-likeness (QED) is 0.676. The molecule has 0 aliphatic carbocycles. The van der Waals surface area contributed by atoms with Crippen LogP contribution in [0.5, 0.6) is 0 Å². The third-order valence-electron chi connectivity index (χ3n) is 4.95. The minimum atomic E-state index is -0.139. The molecule has 30 heavy (non-hydrogen) atoms. The van der Waals surface area contributed by atoms with Crippen molar-refractivity contribution in [3.05, 3.63) is 53.2 Å². The van der Waals surface area contributed by atoms with Gasteiger partial charge in [0, 0.05) is 44.7 Å². The summed E-state index contributed by atoms with van der Waals surface area (Å²) in [5, 5.41) is 8.83. The Bertz CT molecular complexity index is 1010. The van der Waals surface area contributed by atoms with Gasteiger partial charge < -0.3 is 19.6 Å². The van der Waals surface area contributed by atoms with Gasteiger partial charge in [-0.3, -0.25) is 4.79 Å². The summed E-state index contributed by atoms with van der Waals surface area (Å²) in [6.07, 6.45) is 0.715. The zero-order valence-electron chi connectivity index (χ0n) is 16.7. The van der Waals surface area contributed by atoms with Gasteiger partial charge in [0.2, 0.25) is 17.6 Å². The van der Waals surface area contributed by atoms with Crippen LogP contribution in [0.25, 0.3) is 10.7 Å². The number of anilines is 1. The summed E-state index contributed by atoms with van der Waals surface area (Å²) in [7, 11) is 0. The Kier molecular flexibility index (Phi) is 6.08. The molecule has 2 aromatic heterocycles. The average Bonchev–Trinajstić information content (AvgIpc) is 3.44. The fraction of sp³-hybridized carbons (Fsp3) is 0.333. The van der Waals surface area contributed by atoms with Gasteiger partial charge in [-0.15, -0.1) is 11.3 Å². The fourth-order valence-electron chi connectivity index (χ4n) is 3.32. The summed E-state index contributed by atoms with van der Waals surface area (Å²) in [5.41, 5.74) is 1.87. The first kappa shape index (κ1) is 20.1. The Morgan fingerprint density at radius 2 is 1.93 bits per heavy atom. The molecule has 9 heteroatoms. The molecule has 1 aliphatic rings. The first-order valence-electron chi connectivity index (χ1n) is 9.85. The summed E-state index contributed by atoms with van der Waals surface area (Å²) < 4.78 is 5.25. The van der Waals surface area contributed by atoms with Gasteiger partial charge in [0.1, 0.15) is 0 Å². The van der Waals surface area contributed by atoms with Crippen LogP contribution in [0.1, 0.15) is 17.9 Å². The second-order valence-electron chi connectivity index (χ2n) is 7.16. The van der Waals surface area contributed by atoms with Crippen molar-refractivity contribution >= 4 is 29.0 Å². The van der Waals surface area contributed by atoms with Crippen molar-refractivity contribution in [3.63, 3.8) is 0 Å². The zero-order valence-corrected chi connectivity index (χ0v) is 17.5. The van der Waals surface area contributed by atoms with E-state index >= 15 is 0 Å². The van der Waals surface area contributed by atoms with Crippen molar-refractivity contribution in [2.24, 2.45) is 0 Å². The molecular weight excluding hydrogens is 402 g/mol. The van der Waals surface area contributed by atoms with Gasteiger partial charge >= 0.3 is 6.03 Å². The van der Waals surface area contributed by atoms with Crippen LogP contribution >= 0.6 is 11.3 Å². The van der Waals surface area contributed by atoms with Crippen molar-refractivity contribution in [1.29, 1.82) is 0 Å². The number of thiophene rings is 1. The molecule has 0 bridgehead atoms. The van der Waals surface area contributed by atoms with Crippen LogP contribution in [-0.2, 0) is 11.2 Å². The fourth-order valence-corrected chi connectivity index (χ4v) is 3.97. The number of urea groups is 1. The van der Waals surface area contributed by atoms with Gasteiger partial charge in [0.25, 0.3) is 0 Å². The Morgan fingerprint density at radius 3 is 2.67 bits per heavy atom. The van der Waals surface area contributed by atoms with Crippen LogP contribution in [0.4, 0.5) is 10.5 Å². The van der Waals surface area contributed by atoms with Crippen LogP contribution in [-0.4, -0.2) is 58.1 Å². The van der Waals surface area contributed by atoms with E-state index in [9.17, 15) is 9.59 Å². The number of benzene rings is 1. The lowest BCUT2D eigenvalue weighted by molar-refractivity contribution is -0.132. The van der Waals surface area contributed by atoms with Crippen molar-refractivity contribution < 1.29 is 14.1 Å². The van der Waals surface area contributed by atoms with Crippen LogP contribution < -0.4 is 5.32 Å². The lowest BCUT2D eigenvalue weighted by Crippen LogP contribution is -2.51. The molecule has 1 fully saturated rings. The number of hydrogen-bond acceptors (Lipinski definition) is 6. The molecule has 3 aromatic rings. The molecule has 0 radical (unpaired) electrons. The number of nitrogens with zero attached hydrogens (tertiary/aromatic N) is 4. The van der Waals surface area contributed by atoms with E-state index in [1.807, 2.05) is 48.7 Å². The van der Waals surface area contributed by atoms with Crippen molar-refractivity contribution in [2.75, 3.05) is 31.5 Å². The molecule has 1 aliphatic heterocycles. The smallest absolute Gasteiger partial charge is 0.321 e. The number of nitrogens with one attached hydrogen (secondary N) is 1. The van der Waals surface area contributed by atoms with E-state index in [-0.39, 0.29) is 11.9 Å².